The lowest BCUT2D eigenvalue weighted by Crippen LogP contribution is -2.38. The maximum atomic E-state index is 11.9. The Kier molecular flexibility index (Phi) is 5.13. The van der Waals surface area contributed by atoms with Crippen molar-refractivity contribution in [2.45, 2.75) is 33.8 Å². The third-order valence-electron chi connectivity index (χ3n) is 2.76. The highest BCUT2D eigenvalue weighted by Crippen LogP contribution is 2.15. The number of carbonyl (C=O) groups excluding carboxylic acids is 1. The molecule has 0 aliphatic carbocycles. The number of amides is 1. The number of hydrogen-bond donors (Lipinski definition) is 2. The lowest BCUT2D eigenvalue weighted by Gasteiger charge is -2.19. The molecule has 0 radical (unpaired) electrons. The molecule has 0 atom stereocenters. The molecule has 0 spiro atoms. The van der Waals surface area contributed by atoms with E-state index < -0.39 is 11.4 Å². The number of ether oxygens (including phenoxy) is 1. The molecule has 0 aliphatic heterocycles. The number of carboxylic acid groups (broad SMARTS) is 1. The maximum absolute atomic E-state index is 11.9. The van der Waals surface area contributed by atoms with Crippen molar-refractivity contribution in [2.75, 3.05) is 6.54 Å². The number of benzene rings is 1. The van der Waals surface area contributed by atoms with Crippen molar-refractivity contribution in [1.82, 2.24) is 5.32 Å². The van der Waals surface area contributed by atoms with Gasteiger partial charge in [0, 0.05) is 12.1 Å². The first-order valence-corrected chi connectivity index (χ1v) is 6.50. The molecule has 5 nitrogen and oxygen atoms in total. The van der Waals surface area contributed by atoms with Gasteiger partial charge in [-0.2, -0.15) is 0 Å². The van der Waals surface area contributed by atoms with Crippen molar-refractivity contribution in [1.29, 1.82) is 0 Å². The molecule has 1 aromatic rings. The zero-order valence-electron chi connectivity index (χ0n) is 12.3. The molecule has 1 aromatic carbocycles. The monoisotopic (exact) mass is 279 g/mol. The minimum Gasteiger partial charge on any atom is -0.491 e. The Morgan fingerprint density at radius 3 is 2.25 bits per heavy atom. The molecular weight excluding hydrogens is 258 g/mol. The van der Waals surface area contributed by atoms with E-state index in [9.17, 15) is 9.59 Å². The molecule has 0 saturated carbocycles. The van der Waals surface area contributed by atoms with Gasteiger partial charge in [0.25, 0.3) is 5.91 Å². The first kappa shape index (κ1) is 16.0. The summed E-state index contributed by atoms with van der Waals surface area (Å²) in [6, 6.07) is 6.75. The minimum absolute atomic E-state index is 0.0748. The van der Waals surface area contributed by atoms with Crippen LogP contribution >= 0.6 is 0 Å². The van der Waals surface area contributed by atoms with Crippen LogP contribution in [0.3, 0.4) is 0 Å². The highest BCUT2D eigenvalue weighted by atomic mass is 16.5. The van der Waals surface area contributed by atoms with Crippen LogP contribution in [0.1, 0.15) is 38.1 Å². The first-order valence-electron chi connectivity index (χ1n) is 6.50. The maximum Gasteiger partial charge on any atom is 0.310 e. The molecule has 20 heavy (non-hydrogen) atoms. The standard InChI is InChI=1S/C15H21NO4/c1-10(2)20-12-7-5-11(6-8-12)13(17)16-9-15(3,4)14(18)19/h5-8,10H,9H2,1-4H3,(H,16,17)(H,18,19). The average Bonchev–Trinajstić information content (AvgIpc) is 2.36. The van der Waals surface area contributed by atoms with E-state index in [0.717, 1.165) is 0 Å². The van der Waals surface area contributed by atoms with Crippen LogP contribution in [0.2, 0.25) is 0 Å². The van der Waals surface area contributed by atoms with Gasteiger partial charge in [-0.1, -0.05) is 0 Å². The zero-order chi connectivity index (χ0) is 15.3. The van der Waals surface area contributed by atoms with Gasteiger partial charge < -0.3 is 15.2 Å². The van der Waals surface area contributed by atoms with Crippen LogP contribution in [0.25, 0.3) is 0 Å². The highest BCUT2D eigenvalue weighted by Gasteiger charge is 2.27. The van der Waals surface area contributed by atoms with Crippen molar-refractivity contribution < 1.29 is 19.4 Å². The molecule has 0 aromatic heterocycles. The van der Waals surface area contributed by atoms with Gasteiger partial charge >= 0.3 is 5.97 Å². The van der Waals surface area contributed by atoms with Crippen LogP contribution in [0.4, 0.5) is 0 Å². The Morgan fingerprint density at radius 2 is 1.80 bits per heavy atom. The van der Waals surface area contributed by atoms with Crippen molar-refractivity contribution in [3.63, 3.8) is 0 Å². The van der Waals surface area contributed by atoms with Crippen LogP contribution in [0, 0.1) is 5.41 Å². The smallest absolute Gasteiger partial charge is 0.310 e. The lowest BCUT2D eigenvalue weighted by atomic mass is 9.94. The molecule has 0 fully saturated rings. The molecule has 1 amide bonds. The van der Waals surface area contributed by atoms with Crippen molar-refractivity contribution in [3.8, 4) is 5.75 Å². The zero-order valence-corrected chi connectivity index (χ0v) is 12.3. The van der Waals surface area contributed by atoms with Crippen LogP contribution in [-0.2, 0) is 4.79 Å². The van der Waals surface area contributed by atoms with E-state index in [2.05, 4.69) is 5.32 Å². The summed E-state index contributed by atoms with van der Waals surface area (Å²) < 4.78 is 5.49. The average molecular weight is 279 g/mol. The highest BCUT2D eigenvalue weighted by molar-refractivity contribution is 5.94. The molecule has 0 saturated heterocycles. The SMILES string of the molecule is CC(C)Oc1ccc(C(=O)NCC(C)(C)C(=O)O)cc1. The van der Waals surface area contributed by atoms with Crippen LogP contribution in [0.15, 0.2) is 24.3 Å². The number of carbonyl (C=O) groups is 2. The summed E-state index contributed by atoms with van der Waals surface area (Å²) in [6.45, 7) is 7.05. The molecule has 0 unspecified atom stereocenters. The third kappa shape index (κ3) is 4.57. The molecule has 2 N–H and O–H groups in total. The summed E-state index contributed by atoms with van der Waals surface area (Å²) in [5.41, 5.74) is -0.515. The van der Waals surface area contributed by atoms with E-state index in [0.29, 0.717) is 11.3 Å². The Labute approximate surface area is 118 Å². The van der Waals surface area contributed by atoms with Crippen molar-refractivity contribution in [2.24, 2.45) is 5.41 Å². The van der Waals surface area contributed by atoms with E-state index in [-0.39, 0.29) is 18.6 Å². The Morgan fingerprint density at radius 1 is 1.25 bits per heavy atom. The van der Waals surface area contributed by atoms with Gasteiger partial charge in [-0.25, -0.2) is 0 Å². The van der Waals surface area contributed by atoms with Gasteiger partial charge in [0.1, 0.15) is 5.75 Å². The molecule has 5 heteroatoms. The van der Waals surface area contributed by atoms with Gasteiger partial charge in [0.15, 0.2) is 0 Å². The summed E-state index contributed by atoms with van der Waals surface area (Å²) >= 11 is 0. The molecule has 110 valence electrons. The van der Waals surface area contributed by atoms with E-state index in [1.807, 2.05) is 13.8 Å². The van der Waals surface area contributed by atoms with Gasteiger partial charge in [-0.3, -0.25) is 9.59 Å². The number of rotatable bonds is 6. The molecule has 0 aliphatic rings. The third-order valence-corrected chi connectivity index (χ3v) is 2.76. The second-order valence-electron chi connectivity index (χ2n) is 5.56. The van der Waals surface area contributed by atoms with Crippen molar-refractivity contribution >= 4 is 11.9 Å². The largest absolute Gasteiger partial charge is 0.491 e. The Balaban J connectivity index is 2.62. The Bertz CT molecular complexity index is 477. The molecule has 0 heterocycles. The predicted molar refractivity (Wildman–Crippen MR) is 76.0 cm³/mol. The lowest BCUT2D eigenvalue weighted by molar-refractivity contribution is -0.146. The number of aliphatic carboxylic acids is 1. The minimum atomic E-state index is -0.990. The van der Waals surface area contributed by atoms with E-state index in [1.165, 1.54) is 0 Å². The van der Waals surface area contributed by atoms with Gasteiger partial charge in [-0.15, -0.1) is 0 Å². The van der Waals surface area contributed by atoms with Crippen molar-refractivity contribution in [3.05, 3.63) is 29.8 Å². The van der Waals surface area contributed by atoms with E-state index in [4.69, 9.17) is 9.84 Å². The quantitative estimate of drug-likeness (QED) is 0.838. The fourth-order valence-corrected chi connectivity index (χ4v) is 1.44. The van der Waals surface area contributed by atoms with Gasteiger partial charge in [0.05, 0.1) is 11.5 Å². The summed E-state index contributed by atoms with van der Waals surface area (Å²) in [6.07, 6.45) is 0.0750. The predicted octanol–water partition coefficient (Wildman–Crippen LogP) is 2.31. The normalized spacial score (nSPS) is 11.2. The summed E-state index contributed by atoms with van der Waals surface area (Å²) in [7, 11) is 0. The molecular formula is C15H21NO4. The number of carboxylic acids is 1. The number of nitrogens with one attached hydrogen (secondary N) is 1. The van der Waals surface area contributed by atoms with Crippen LogP contribution < -0.4 is 10.1 Å². The van der Waals surface area contributed by atoms with Crippen LogP contribution in [-0.4, -0.2) is 29.6 Å². The number of hydrogen-bond acceptors (Lipinski definition) is 3. The summed E-state index contributed by atoms with van der Waals surface area (Å²) in [4.78, 5) is 22.9. The second kappa shape index (κ2) is 6.41. The fourth-order valence-electron chi connectivity index (χ4n) is 1.44. The molecule has 0 bridgehead atoms. The van der Waals surface area contributed by atoms with Gasteiger partial charge in [0.2, 0.25) is 0 Å². The molecule has 1 rings (SSSR count). The summed E-state index contributed by atoms with van der Waals surface area (Å²) in [5, 5.41) is 11.6. The fraction of sp³-hybridized carbons (Fsp3) is 0.467. The van der Waals surface area contributed by atoms with E-state index in [1.54, 1.807) is 38.1 Å². The Hall–Kier alpha value is -2.04. The van der Waals surface area contributed by atoms with E-state index >= 15 is 0 Å². The second-order valence-corrected chi connectivity index (χ2v) is 5.56. The van der Waals surface area contributed by atoms with Gasteiger partial charge in [-0.05, 0) is 52.0 Å². The summed E-state index contributed by atoms with van der Waals surface area (Å²) in [5.74, 6) is -0.545. The first-order chi connectivity index (χ1) is 9.22. The topological polar surface area (TPSA) is 75.6 Å². The van der Waals surface area contributed by atoms with Crippen LogP contribution in [0.5, 0.6) is 5.75 Å².